The molecule has 3 rings (SSSR count). The molecule has 3 aliphatic rings. The Bertz CT molecular complexity index is 228. The van der Waals surface area contributed by atoms with Gasteiger partial charge in [-0.1, -0.05) is 5.57 Å². The van der Waals surface area contributed by atoms with Crippen molar-refractivity contribution < 1.29 is 0 Å². The lowest BCUT2D eigenvalue weighted by Gasteiger charge is -2.18. The average molecular weight is 147 g/mol. The molecule has 1 atom stereocenters. The molecule has 0 aliphatic heterocycles. The summed E-state index contributed by atoms with van der Waals surface area (Å²) >= 11 is 0. The van der Waals surface area contributed by atoms with Gasteiger partial charge in [-0.05, 0) is 44.4 Å². The molecule has 58 valence electrons. The molecule has 1 saturated carbocycles. The van der Waals surface area contributed by atoms with Gasteiger partial charge in [0.1, 0.15) is 0 Å². The van der Waals surface area contributed by atoms with E-state index in [0.29, 0.717) is 0 Å². The summed E-state index contributed by atoms with van der Waals surface area (Å²) in [5, 5.41) is 8.83. The van der Waals surface area contributed by atoms with E-state index in [2.05, 4.69) is 6.07 Å². The fraction of sp³-hybridized carbons (Fsp3) is 0.700. The van der Waals surface area contributed by atoms with Crippen LogP contribution >= 0.6 is 0 Å². The van der Waals surface area contributed by atoms with Crippen molar-refractivity contribution in [3.05, 3.63) is 11.1 Å². The van der Waals surface area contributed by atoms with Gasteiger partial charge in [0.2, 0.25) is 0 Å². The van der Waals surface area contributed by atoms with Gasteiger partial charge in [0.25, 0.3) is 0 Å². The van der Waals surface area contributed by atoms with Gasteiger partial charge in [-0.15, -0.1) is 0 Å². The third-order valence-electron chi connectivity index (χ3n) is 3.00. The summed E-state index contributed by atoms with van der Waals surface area (Å²) < 4.78 is 0. The maximum absolute atomic E-state index is 8.83. The molecule has 0 aromatic carbocycles. The molecule has 0 aromatic rings. The van der Waals surface area contributed by atoms with Crippen LogP contribution in [0.4, 0.5) is 0 Å². The van der Waals surface area contributed by atoms with Gasteiger partial charge in [-0.2, -0.15) is 5.26 Å². The SMILES string of the molecule is N#CC1=C2CCCC(CC2)C1. The Labute approximate surface area is 67.7 Å². The highest BCUT2D eigenvalue weighted by Crippen LogP contribution is 2.38. The van der Waals surface area contributed by atoms with E-state index in [0.717, 1.165) is 17.9 Å². The zero-order valence-electron chi connectivity index (χ0n) is 6.77. The summed E-state index contributed by atoms with van der Waals surface area (Å²) in [6, 6.07) is 2.35. The number of allylic oxidation sites excluding steroid dienone is 2. The van der Waals surface area contributed by atoms with Crippen LogP contribution in [-0.4, -0.2) is 0 Å². The van der Waals surface area contributed by atoms with Gasteiger partial charge in [0.05, 0.1) is 6.07 Å². The molecule has 1 unspecified atom stereocenters. The first-order valence-electron chi connectivity index (χ1n) is 4.51. The summed E-state index contributed by atoms with van der Waals surface area (Å²) in [5.74, 6) is 0.843. The molecule has 0 heterocycles. The minimum Gasteiger partial charge on any atom is -0.193 e. The van der Waals surface area contributed by atoms with Crippen molar-refractivity contribution >= 4 is 0 Å². The fourth-order valence-electron chi connectivity index (χ4n) is 2.32. The van der Waals surface area contributed by atoms with Crippen LogP contribution in [0.15, 0.2) is 11.1 Å². The van der Waals surface area contributed by atoms with Gasteiger partial charge in [0, 0.05) is 5.57 Å². The smallest absolute Gasteiger partial charge is 0.0946 e. The Balaban J connectivity index is 2.30. The van der Waals surface area contributed by atoms with E-state index in [1.54, 1.807) is 0 Å². The Morgan fingerprint density at radius 1 is 1.27 bits per heavy atom. The summed E-state index contributed by atoms with van der Waals surface area (Å²) in [6.45, 7) is 0. The van der Waals surface area contributed by atoms with Crippen LogP contribution in [0.3, 0.4) is 0 Å². The molecule has 0 aromatic heterocycles. The summed E-state index contributed by atoms with van der Waals surface area (Å²) in [7, 11) is 0. The van der Waals surface area contributed by atoms with Crippen LogP contribution in [0.1, 0.15) is 38.5 Å². The van der Waals surface area contributed by atoms with E-state index in [9.17, 15) is 0 Å². The summed E-state index contributed by atoms with van der Waals surface area (Å²) in [5.41, 5.74) is 2.60. The maximum atomic E-state index is 8.83. The van der Waals surface area contributed by atoms with E-state index in [1.165, 1.54) is 37.7 Å². The molecule has 3 aliphatic carbocycles. The first-order valence-corrected chi connectivity index (χ1v) is 4.51. The van der Waals surface area contributed by atoms with E-state index >= 15 is 0 Å². The van der Waals surface area contributed by atoms with Crippen LogP contribution in [0.25, 0.3) is 0 Å². The van der Waals surface area contributed by atoms with E-state index in [4.69, 9.17) is 5.26 Å². The zero-order valence-corrected chi connectivity index (χ0v) is 6.77. The van der Waals surface area contributed by atoms with Crippen molar-refractivity contribution in [1.29, 1.82) is 5.26 Å². The van der Waals surface area contributed by atoms with Crippen LogP contribution in [0.2, 0.25) is 0 Å². The van der Waals surface area contributed by atoms with Gasteiger partial charge < -0.3 is 0 Å². The quantitative estimate of drug-likeness (QED) is 0.517. The lowest BCUT2D eigenvalue weighted by Crippen LogP contribution is -2.05. The normalized spacial score (nSPS) is 29.9. The molecule has 1 nitrogen and oxygen atoms in total. The molecule has 1 fully saturated rings. The van der Waals surface area contributed by atoms with Gasteiger partial charge >= 0.3 is 0 Å². The molecular formula is C10H13N. The highest BCUT2D eigenvalue weighted by Gasteiger charge is 2.23. The lowest BCUT2D eigenvalue weighted by molar-refractivity contribution is 0.453. The molecule has 0 radical (unpaired) electrons. The Morgan fingerprint density at radius 3 is 3.00 bits per heavy atom. The van der Waals surface area contributed by atoms with Crippen molar-refractivity contribution in [2.24, 2.45) is 5.92 Å². The Morgan fingerprint density at radius 2 is 2.18 bits per heavy atom. The van der Waals surface area contributed by atoms with Crippen molar-refractivity contribution in [1.82, 2.24) is 0 Å². The third-order valence-corrected chi connectivity index (χ3v) is 3.00. The predicted octanol–water partition coefficient (Wildman–Crippen LogP) is 2.79. The van der Waals surface area contributed by atoms with Crippen LogP contribution in [-0.2, 0) is 0 Å². The van der Waals surface area contributed by atoms with Gasteiger partial charge in [-0.3, -0.25) is 0 Å². The van der Waals surface area contributed by atoms with E-state index in [1.807, 2.05) is 0 Å². The standard InChI is InChI=1S/C10H13N/c11-7-10-6-8-2-1-3-9(10)5-4-8/h8H,1-6H2. The van der Waals surface area contributed by atoms with Crippen molar-refractivity contribution in [3.8, 4) is 6.07 Å². The number of nitriles is 1. The maximum Gasteiger partial charge on any atom is 0.0946 e. The number of hydrogen-bond acceptors (Lipinski definition) is 1. The van der Waals surface area contributed by atoms with Crippen molar-refractivity contribution in [3.63, 3.8) is 0 Å². The highest BCUT2D eigenvalue weighted by molar-refractivity contribution is 5.31. The van der Waals surface area contributed by atoms with Gasteiger partial charge in [0.15, 0.2) is 0 Å². The molecule has 0 amide bonds. The molecule has 1 heteroatoms. The minimum atomic E-state index is 0.843. The molecule has 0 saturated heterocycles. The first kappa shape index (κ1) is 6.91. The predicted molar refractivity (Wildman–Crippen MR) is 43.8 cm³/mol. The van der Waals surface area contributed by atoms with Crippen molar-refractivity contribution in [2.45, 2.75) is 38.5 Å². The third kappa shape index (κ3) is 1.18. The number of hydrogen-bond donors (Lipinski definition) is 0. The Hall–Kier alpha value is -0.770. The molecule has 11 heavy (non-hydrogen) atoms. The number of nitrogens with zero attached hydrogens (tertiary/aromatic N) is 1. The van der Waals surface area contributed by atoms with Gasteiger partial charge in [-0.25, -0.2) is 0 Å². The minimum absolute atomic E-state index is 0.843. The van der Waals surface area contributed by atoms with Crippen LogP contribution < -0.4 is 0 Å². The second kappa shape index (κ2) is 2.70. The second-order valence-electron chi connectivity index (χ2n) is 3.69. The monoisotopic (exact) mass is 147 g/mol. The average Bonchev–Trinajstić information content (AvgIpc) is 2.37. The van der Waals surface area contributed by atoms with E-state index in [-0.39, 0.29) is 0 Å². The zero-order chi connectivity index (χ0) is 7.68. The number of fused-ring (bicyclic) bond motifs is 4. The topological polar surface area (TPSA) is 23.8 Å². The number of rotatable bonds is 0. The molecule has 0 N–H and O–H groups in total. The molecule has 0 spiro atoms. The van der Waals surface area contributed by atoms with Crippen LogP contribution in [0, 0.1) is 17.2 Å². The van der Waals surface area contributed by atoms with Crippen LogP contribution in [0.5, 0.6) is 0 Å². The fourth-order valence-corrected chi connectivity index (χ4v) is 2.32. The second-order valence-corrected chi connectivity index (χ2v) is 3.69. The first-order chi connectivity index (χ1) is 5.40. The largest absolute Gasteiger partial charge is 0.193 e. The molecular weight excluding hydrogens is 134 g/mol. The lowest BCUT2D eigenvalue weighted by atomic mass is 9.86. The van der Waals surface area contributed by atoms with Crippen molar-refractivity contribution in [2.75, 3.05) is 0 Å². The molecule has 2 bridgehead atoms. The summed E-state index contributed by atoms with van der Waals surface area (Å²) in [6.07, 6.45) is 7.54. The van der Waals surface area contributed by atoms with E-state index < -0.39 is 0 Å². The Kier molecular flexibility index (Phi) is 1.69. The summed E-state index contributed by atoms with van der Waals surface area (Å²) in [4.78, 5) is 0. The highest BCUT2D eigenvalue weighted by atomic mass is 14.3.